The average molecular weight is 273 g/mol. The Kier molecular flexibility index (Phi) is 8.53. The van der Waals surface area contributed by atoms with Crippen molar-refractivity contribution in [2.45, 2.75) is 63.8 Å². The predicted octanol–water partition coefficient (Wildman–Crippen LogP) is 1.61. The van der Waals surface area contributed by atoms with Gasteiger partial charge in [-0.2, -0.15) is 0 Å². The Morgan fingerprint density at radius 2 is 1.63 bits per heavy atom. The molecule has 2 atom stereocenters. The van der Waals surface area contributed by atoms with Crippen LogP contribution in [-0.2, 0) is 4.74 Å². The van der Waals surface area contributed by atoms with E-state index in [0.717, 1.165) is 45.2 Å². The van der Waals surface area contributed by atoms with Crippen molar-refractivity contribution in [3.63, 3.8) is 0 Å². The fourth-order valence-corrected chi connectivity index (χ4v) is 2.27. The summed E-state index contributed by atoms with van der Waals surface area (Å²) in [5, 5.41) is 14.5. The Bertz CT molecular complexity index is 235. The maximum Gasteiger partial charge on any atom is 0.507 e. The van der Waals surface area contributed by atoms with Gasteiger partial charge in [0.15, 0.2) is 6.23 Å². The molecule has 0 aromatic carbocycles. The van der Waals surface area contributed by atoms with Crippen LogP contribution >= 0.6 is 0 Å². The summed E-state index contributed by atoms with van der Waals surface area (Å²) in [5.41, 5.74) is 5.62. The van der Waals surface area contributed by atoms with E-state index in [4.69, 9.17) is 10.8 Å². The largest absolute Gasteiger partial charge is 0.507 e. The van der Waals surface area contributed by atoms with Crippen LogP contribution in [0, 0.1) is 0 Å². The molecule has 0 aliphatic carbocycles. The van der Waals surface area contributed by atoms with Crippen LogP contribution in [0.3, 0.4) is 0 Å². The third kappa shape index (κ3) is 8.80. The monoisotopic (exact) mass is 273 g/mol. The third-order valence-corrected chi connectivity index (χ3v) is 3.36. The number of ether oxygens (including phenoxy) is 1. The van der Waals surface area contributed by atoms with Gasteiger partial charge in [-0.1, -0.05) is 19.3 Å². The predicted molar refractivity (Wildman–Crippen MR) is 73.8 cm³/mol. The number of carbonyl (C=O) groups is 1. The first-order valence-electron chi connectivity index (χ1n) is 7.30. The van der Waals surface area contributed by atoms with E-state index in [9.17, 15) is 4.79 Å². The normalized spacial score (nSPS) is 28.3. The average Bonchev–Trinajstić information content (AvgIpc) is 2.74. The fraction of sp³-hybridized carbons (Fsp3) is 0.923. The first-order valence-corrected chi connectivity index (χ1v) is 7.30. The van der Waals surface area contributed by atoms with Gasteiger partial charge in [0, 0.05) is 0 Å². The summed E-state index contributed by atoms with van der Waals surface area (Å²) in [4.78, 5) is 10.1. The second-order valence-corrected chi connectivity index (χ2v) is 5.09. The molecule has 0 bridgehead atoms. The lowest BCUT2D eigenvalue weighted by atomic mass is 10.2. The van der Waals surface area contributed by atoms with Gasteiger partial charge in [0.25, 0.3) is 0 Å². The molecule has 112 valence electrons. The lowest BCUT2D eigenvalue weighted by molar-refractivity contribution is 0.0353. The third-order valence-electron chi connectivity index (χ3n) is 3.36. The minimum Gasteiger partial charge on any atom is -0.450 e. The second-order valence-electron chi connectivity index (χ2n) is 5.09. The van der Waals surface area contributed by atoms with Gasteiger partial charge in [-0.15, -0.1) is 0 Å². The van der Waals surface area contributed by atoms with E-state index in [1.54, 1.807) is 0 Å². The molecule has 6 nitrogen and oxygen atoms in total. The molecule has 2 unspecified atom stereocenters. The topological polar surface area (TPSA) is 96.6 Å². The molecule has 2 heterocycles. The quantitative estimate of drug-likeness (QED) is 0.542. The highest BCUT2D eigenvalue weighted by Crippen LogP contribution is 2.09. The van der Waals surface area contributed by atoms with Gasteiger partial charge in [0.1, 0.15) is 0 Å². The summed E-state index contributed by atoms with van der Waals surface area (Å²) in [6, 6.07) is 0. The molecule has 5 N–H and O–H groups in total. The standard InChI is InChI=1S/C7H13NO3.C6H14N2/c9-7(10)11-6-4-2-1-3-5-8-6;7-6-4-2-1-3-5-8-6/h6,8H,1-5H2,(H,9,10);6,8H,1-5,7H2. The van der Waals surface area contributed by atoms with Gasteiger partial charge in [-0.3, -0.25) is 5.32 Å². The molecule has 2 fully saturated rings. The summed E-state index contributed by atoms with van der Waals surface area (Å²) in [6.45, 7) is 1.97. The summed E-state index contributed by atoms with van der Waals surface area (Å²) < 4.78 is 4.58. The zero-order valence-electron chi connectivity index (χ0n) is 11.6. The summed E-state index contributed by atoms with van der Waals surface area (Å²) in [6.07, 6.45) is 8.02. The minimum absolute atomic E-state index is 0.275. The Morgan fingerprint density at radius 1 is 1.00 bits per heavy atom. The molecule has 6 heteroatoms. The molecule has 0 aromatic heterocycles. The van der Waals surface area contributed by atoms with E-state index < -0.39 is 6.16 Å². The Morgan fingerprint density at radius 3 is 2.32 bits per heavy atom. The minimum atomic E-state index is -1.19. The summed E-state index contributed by atoms with van der Waals surface area (Å²) in [7, 11) is 0. The van der Waals surface area contributed by atoms with Crippen LogP contribution in [-0.4, -0.2) is 36.7 Å². The van der Waals surface area contributed by atoms with Crippen molar-refractivity contribution in [1.82, 2.24) is 10.6 Å². The summed E-state index contributed by atoms with van der Waals surface area (Å²) >= 11 is 0. The van der Waals surface area contributed by atoms with Gasteiger partial charge in [-0.25, -0.2) is 4.79 Å². The van der Waals surface area contributed by atoms with E-state index in [1.807, 2.05) is 0 Å². The van der Waals surface area contributed by atoms with Gasteiger partial charge >= 0.3 is 6.16 Å². The number of carboxylic acid groups (broad SMARTS) is 1. The van der Waals surface area contributed by atoms with Crippen molar-refractivity contribution in [3.05, 3.63) is 0 Å². The molecule has 0 radical (unpaired) electrons. The Balaban J connectivity index is 0.000000200. The second kappa shape index (κ2) is 10.00. The van der Waals surface area contributed by atoms with Crippen LogP contribution in [0.4, 0.5) is 4.79 Å². The van der Waals surface area contributed by atoms with Crippen LogP contribution in [0.15, 0.2) is 0 Å². The smallest absolute Gasteiger partial charge is 0.450 e. The molecular formula is C13H27N3O3. The maximum atomic E-state index is 10.1. The molecule has 0 aromatic rings. The molecular weight excluding hydrogens is 246 g/mol. The van der Waals surface area contributed by atoms with Crippen molar-refractivity contribution in [3.8, 4) is 0 Å². The van der Waals surface area contributed by atoms with Crippen molar-refractivity contribution in [1.29, 1.82) is 0 Å². The van der Waals surface area contributed by atoms with E-state index in [1.165, 1.54) is 19.3 Å². The summed E-state index contributed by atoms with van der Waals surface area (Å²) in [5.74, 6) is 0. The van der Waals surface area contributed by atoms with Crippen LogP contribution in [0.1, 0.15) is 51.4 Å². The first-order chi connectivity index (χ1) is 9.18. The number of nitrogens with one attached hydrogen (secondary N) is 2. The fourth-order valence-electron chi connectivity index (χ4n) is 2.27. The molecule has 2 aliphatic heterocycles. The van der Waals surface area contributed by atoms with Gasteiger partial charge in [-0.05, 0) is 45.2 Å². The number of rotatable bonds is 1. The number of hydrogen-bond acceptors (Lipinski definition) is 5. The highest BCUT2D eigenvalue weighted by atomic mass is 16.7. The van der Waals surface area contributed by atoms with Crippen LogP contribution < -0.4 is 16.4 Å². The van der Waals surface area contributed by atoms with Gasteiger partial charge in [0.2, 0.25) is 0 Å². The highest BCUT2D eigenvalue weighted by molar-refractivity contribution is 5.57. The zero-order valence-corrected chi connectivity index (χ0v) is 11.6. The van der Waals surface area contributed by atoms with E-state index in [2.05, 4.69) is 15.4 Å². The van der Waals surface area contributed by atoms with Crippen LogP contribution in [0.2, 0.25) is 0 Å². The van der Waals surface area contributed by atoms with Gasteiger partial charge < -0.3 is 20.9 Å². The zero-order chi connectivity index (χ0) is 13.9. The van der Waals surface area contributed by atoms with Crippen molar-refractivity contribution in [2.24, 2.45) is 5.73 Å². The lowest BCUT2D eigenvalue weighted by Gasteiger charge is -2.13. The van der Waals surface area contributed by atoms with E-state index in [-0.39, 0.29) is 12.4 Å². The molecule has 19 heavy (non-hydrogen) atoms. The first kappa shape index (κ1) is 16.2. The van der Waals surface area contributed by atoms with Crippen molar-refractivity contribution < 1.29 is 14.6 Å². The van der Waals surface area contributed by atoms with E-state index >= 15 is 0 Å². The van der Waals surface area contributed by atoms with Crippen LogP contribution in [0.25, 0.3) is 0 Å². The number of nitrogens with two attached hydrogens (primary N) is 1. The van der Waals surface area contributed by atoms with Gasteiger partial charge in [0.05, 0.1) is 6.17 Å². The Hall–Kier alpha value is -0.850. The molecule has 0 spiro atoms. The van der Waals surface area contributed by atoms with E-state index in [0.29, 0.717) is 0 Å². The van der Waals surface area contributed by atoms with Crippen LogP contribution in [0.5, 0.6) is 0 Å². The lowest BCUT2D eigenvalue weighted by Crippen LogP contribution is -2.36. The SMILES string of the molecule is NC1CCCCCN1.O=C(O)OC1CCCCCN1. The molecule has 0 amide bonds. The molecule has 0 saturated carbocycles. The molecule has 2 aliphatic rings. The van der Waals surface area contributed by atoms with Crippen molar-refractivity contribution >= 4 is 6.16 Å². The molecule has 2 saturated heterocycles. The Labute approximate surface area is 115 Å². The maximum absolute atomic E-state index is 10.1. The highest BCUT2D eigenvalue weighted by Gasteiger charge is 2.14. The molecule has 2 rings (SSSR count). The number of hydrogen-bond donors (Lipinski definition) is 4. The van der Waals surface area contributed by atoms with Crippen molar-refractivity contribution in [2.75, 3.05) is 13.1 Å².